The summed E-state index contributed by atoms with van der Waals surface area (Å²) in [6, 6.07) is 14.7. The molecule has 2 heterocycles. The molecule has 1 aliphatic heterocycles. The van der Waals surface area contributed by atoms with E-state index in [0.717, 1.165) is 46.7 Å². The van der Waals surface area contributed by atoms with Gasteiger partial charge in [-0.1, -0.05) is 49.4 Å². The highest BCUT2D eigenvalue weighted by Crippen LogP contribution is 2.28. The number of carbonyl (C=O) groups excluding carboxylic acids is 1. The van der Waals surface area contributed by atoms with E-state index in [2.05, 4.69) is 5.32 Å². The number of aliphatic carboxylic acids is 1. The molecule has 1 aromatic heterocycles. The number of imidazole rings is 1. The summed E-state index contributed by atoms with van der Waals surface area (Å²) in [6.07, 6.45) is 1.44. The minimum Gasteiger partial charge on any atom is -0.480 e. The predicted octanol–water partition coefficient (Wildman–Crippen LogP) is 4.39. The Hall–Kier alpha value is -3.45. The summed E-state index contributed by atoms with van der Waals surface area (Å²) in [6.45, 7) is 8.73. The van der Waals surface area contributed by atoms with Crippen molar-refractivity contribution in [3.05, 3.63) is 76.9 Å². The van der Waals surface area contributed by atoms with Crippen molar-refractivity contribution in [2.45, 2.75) is 58.7 Å². The normalized spacial score (nSPS) is 15.6. The van der Waals surface area contributed by atoms with Crippen LogP contribution in [0, 0.1) is 0 Å². The van der Waals surface area contributed by atoms with E-state index >= 15 is 0 Å². The van der Waals surface area contributed by atoms with Crippen LogP contribution in [0.3, 0.4) is 0 Å². The molecule has 4 rings (SSSR count). The van der Waals surface area contributed by atoms with Gasteiger partial charge in [0.05, 0.1) is 17.0 Å². The van der Waals surface area contributed by atoms with Crippen molar-refractivity contribution in [1.82, 2.24) is 14.9 Å². The molecule has 1 atom stereocenters. The fraction of sp³-hybridized carbons (Fsp3) is 0.370. The first-order valence-corrected chi connectivity index (χ1v) is 11.6. The first-order chi connectivity index (χ1) is 16.2. The number of hydrogen-bond donors (Lipinski definition) is 2. The van der Waals surface area contributed by atoms with Crippen molar-refractivity contribution in [2.75, 3.05) is 6.54 Å². The summed E-state index contributed by atoms with van der Waals surface area (Å²) in [4.78, 5) is 29.3. The van der Waals surface area contributed by atoms with E-state index in [0.29, 0.717) is 18.7 Å². The molecule has 1 aliphatic rings. The molecule has 0 amide bonds. The number of aryl methyl sites for hydroxylation is 1. The van der Waals surface area contributed by atoms with Crippen LogP contribution < -0.4 is 5.32 Å². The molecule has 0 spiro atoms. The van der Waals surface area contributed by atoms with Crippen LogP contribution in [0.15, 0.2) is 48.5 Å². The van der Waals surface area contributed by atoms with Crippen LogP contribution in [-0.4, -0.2) is 38.7 Å². The second-order valence-corrected chi connectivity index (χ2v) is 9.52. The third-order valence-electron chi connectivity index (χ3n) is 5.86. The lowest BCUT2D eigenvalue weighted by Gasteiger charge is -2.23. The number of nitrogens with one attached hydrogen (secondary N) is 1. The molecule has 0 fully saturated rings. The van der Waals surface area contributed by atoms with Gasteiger partial charge >= 0.3 is 11.9 Å². The van der Waals surface area contributed by atoms with Gasteiger partial charge in [0.15, 0.2) is 0 Å². The summed E-state index contributed by atoms with van der Waals surface area (Å²) in [5.41, 5.74) is 4.32. The number of nitrogens with zero attached hydrogens (tertiary/aromatic N) is 2. The maximum atomic E-state index is 12.7. The molecule has 7 heteroatoms. The highest BCUT2D eigenvalue weighted by Gasteiger charge is 2.32. The van der Waals surface area contributed by atoms with Crippen LogP contribution >= 0.6 is 0 Å². The Labute approximate surface area is 199 Å². The smallest absolute Gasteiger partial charge is 0.339 e. The van der Waals surface area contributed by atoms with Gasteiger partial charge in [-0.05, 0) is 43.5 Å². The Balaban J connectivity index is 1.63. The second kappa shape index (κ2) is 9.43. The van der Waals surface area contributed by atoms with Crippen molar-refractivity contribution in [2.24, 2.45) is 0 Å². The van der Waals surface area contributed by atoms with Gasteiger partial charge in [-0.15, -0.1) is 0 Å². The standard InChI is InChI=1S/C27H31N3O4/c1-5-22-29-21-14-15-28-23(25(31)32)24(21)30(22)16-17-10-12-18(13-11-17)19-8-6-7-9-20(19)26(33)34-27(2,3)4/h6-13,23,28H,5,14-16H2,1-4H3,(H,31,32). The summed E-state index contributed by atoms with van der Waals surface area (Å²) < 4.78 is 7.62. The number of carboxylic acids is 1. The highest BCUT2D eigenvalue weighted by atomic mass is 16.6. The number of hydrogen-bond acceptors (Lipinski definition) is 5. The molecule has 2 N–H and O–H groups in total. The first-order valence-electron chi connectivity index (χ1n) is 11.6. The molecule has 1 unspecified atom stereocenters. The molecular weight excluding hydrogens is 430 g/mol. The molecule has 0 bridgehead atoms. The number of fused-ring (bicyclic) bond motifs is 1. The third-order valence-corrected chi connectivity index (χ3v) is 5.86. The van der Waals surface area contributed by atoms with Gasteiger partial charge in [0, 0.05) is 25.9 Å². The Kier molecular flexibility index (Phi) is 6.57. The first kappa shape index (κ1) is 23.7. The highest BCUT2D eigenvalue weighted by molar-refractivity contribution is 5.97. The molecule has 0 saturated heterocycles. The fourth-order valence-electron chi connectivity index (χ4n) is 4.38. The summed E-state index contributed by atoms with van der Waals surface area (Å²) in [5, 5.41) is 12.8. The van der Waals surface area contributed by atoms with E-state index in [1.165, 1.54) is 0 Å². The largest absolute Gasteiger partial charge is 0.480 e. The van der Waals surface area contributed by atoms with Crippen LogP contribution in [0.1, 0.15) is 66.9 Å². The maximum Gasteiger partial charge on any atom is 0.339 e. The lowest BCUT2D eigenvalue weighted by molar-refractivity contribution is -0.140. The van der Waals surface area contributed by atoms with Gasteiger partial charge in [-0.2, -0.15) is 0 Å². The number of esters is 1. The van der Waals surface area contributed by atoms with Crippen LogP contribution in [0.4, 0.5) is 0 Å². The van der Waals surface area contributed by atoms with E-state index in [4.69, 9.17) is 9.72 Å². The number of benzene rings is 2. The summed E-state index contributed by atoms with van der Waals surface area (Å²) >= 11 is 0. The number of aromatic nitrogens is 2. The van der Waals surface area contributed by atoms with Gasteiger partial charge in [-0.3, -0.25) is 10.1 Å². The van der Waals surface area contributed by atoms with Crippen molar-refractivity contribution < 1.29 is 19.4 Å². The van der Waals surface area contributed by atoms with E-state index in [1.54, 1.807) is 6.07 Å². The van der Waals surface area contributed by atoms with E-state index in [9.17, 15) is 14.7 Å². The minimum atomic E-state index is -0.890. The monoisotopic (exact) mass is 461 g/mol. The lowest BCUT2D eigenvalue weighted by atomic mass is 9.98. The predicted molar refractivity (Wildman–Crippen MR) is 130 cm³/mol. The topological polar surface area (TPSA) is 93.5 Å². The van der Waals surface area contributed by atoms with Gasteiger partial charge in [0.25, 0.3) is 0 Å². The Bertz CT molecular complexity index is 1210. The van der Waals surface area contributed by atoms with Crippen LogP contribution in [0.2, 0.25) is 0 Å². The SMILES string of the molecule is CCc1nc2c(n1Cc1ccc(-c3ccccc3C(=O)OC(C)(C)C)cc1)C(C(=O)O)NCC2. The molecule has 0 radical (unpaired) electrons. The number of rotatable bonds is 6. The number of carbonyl (C=O) groups is 2. The summed E-state index contributed by atoms with van der Waals surface area (Å²) in [7, 11) is 0. The van der Waals surface area contributed by atoms with Gasteiger partial charge in [-0.25, -0.2) is 9.78 Å². The molecular formula is C27H31N3O4. The molecule has 3 aromatic rings. The van der Waals surface area contributed by atoms with Crippen molar-refractivity contribution in [1.29, 1.82) is 0 Å². The van der Waals surface area contributed by atoms with Gasteiger partial charge < -0.3 is 14.4 Å². The zero-order valence-electron chi connectivity index (χ0n) is 20.1. The molecule has 7 nitrogen and oxygen atoms in total. The fourth-order valence-corrected chi connectivity index (χ4v) is 4.38. The Morgan fingerprint density at radius 3 is 2.50 bits per heavy atom. The van der Waals surface area contributed by atoms with Crippen molar-refractivity contribution in [3.8, 4) is 11.1 Å². The average Bonchev–Trinajstić information content (AvgIpc) is 3.16. The molecule has 178 valence electrons. The van der Waals surface area contributed by atoms with E-state index < -0.39 is 17.6 Å². The maximum absolute atomic E-state index is 12.7. The molecule has 0 saturated carbocycles. The zero-order valence-corrected chi connectivity index (χ0v) is 20.1. The summed E-state index contributed by atoms with van der Waals surface area (Å²) in [5.74, 6) is -0.352. The Morgan fingerprint density at radius 2 is 1.85 bits per heavy atom. The van der Waals surface area contributed by atoms with Crippen molar-refractivity contribution in [3.63, 3.8) is 0 Å². The lowest BCUT2D eigenvalue weighted by Crippen LogP contribution is -2.36. The van der Waals surface area contributed by atoms with Crippen molar-refractivity contribution >= 4 is 11.9 Å². The molecule has 2 aromatic carbocycles. The van der Waals surface area contributed by atoms with Gasteiger partial charge in [0.2, 0.25) is 0 Å². The third kappa shape index (κ3) is 4.89. The van der Waals surface area contributed by atoms with Crippen LogP contribution in [-0.2, 0) is 28.9 Å². The molecule has 0 aliphatic carbocycles. The number of ether oxygens (including phenoxy) is 1. The number of carboxylic acid groups (broad SMARTS) is 1. The van der Waals surface area contributed by atoms with E-state index in [-0.39, 0.29) is 5.97 Å². The quantitative estimate of drug-likeness (QED) is 0.529. The minimum absolute atomic E-state index is 0.350. The Morgan fingerprint density at radius 1 is 1.15 bits per heavy atom. The average molecular weight is 462 g/mol. The second-order valence-electron chi connectivity index (χ2n) is 9.52. The van der Waals surface area contributed by atoms with Crippen LogP contribution in [0.5, 0.6) is 0 Å². The molecule has 34 heavy (non-hydrogen) atoms. The van der Waals surface area contributed by atoms with E-state index in [1.807, 2.05) is 74.7 Å². The van der Waals surface area contributed by atoms with Gasteiger partial charge in [0.1, 0.15) is 17.5 Å². The van der Waals surface area contributed by atoms with Crippen LogP contribution in [0.25, 0.3) is 11.1 Å². The zero-order chi connectivity index (χ0) is 24.5.